The van der Waals surface area contributed by atoms with E-state index in [1.807, 2.05) is 54.6 Å². The van der Waals surface area contributed by atoms with Gasteiger partial charge in [0.25, 0.3) is 5.91 Å². The summed E-state index contributed by atoms with van der Waals surface area (Å²) in [6.45, 7) is 2.12. The molecule has 6 nitrogen and oxygen atoms in total. The molecule has 0 aliphatic carbocycles. The van der Waals surface area contributed by atoms with Gasteiger partial charge in [-0.15, -0.1) is 0 Å². The summed E-state index contributed by atoms with van der Waals surface area (Å²) in [5.74, 6) is 0.543. The molecule has 0 aromatic heterocycles. The number of nitrogens with one attached hydrogen (secondary N) is 3. The molecular formula is C20H21N3O3. The van der Waals surface area contributed by atoms with Gasteiger partial charge in [0, 0.05) is 12.2 Å². The summed E-state index contributed by atoms with van der Waals surface area (Å²) in [7, 11) is 1.61. The quantitative estimate of drug-likeness (QED) is 0.775. The molecule has 2 aromatic carbocycles. The van der Waals surface area contributed by atoms with E-state index in [4.69, 9.17) is 4.74 Å². The lowest BCUT2D eigenvalue weighted by molar-refractivity contribution is -0.118. The third kappa shape index (κ3) is 3.85. The number of methoxy groups -OCH3 is 1. The zero-order chi connectivity index (χ0) is 18.5. The van der Waals surface area contributed by atoms with Crippen molar-refractivity contribution in [3.8, 4) is 5.75 Å². The van der Waals surface area contributed by atoms with Crippen LogP contribution in [-0.4, -0.2) is 19.0 Å². The maximum atomic E-state index is 12.8. The van der Waals surface area contributed by atoms with Crippen molar-refractivity contribution in [2.75, 3.05) is 7.11 Å². The molecule has 3 amide bonds. The molecule has 0 saturated heterocycles. The van der Waals surface area contributed by atoms with E-state index in [1.54, 1.807) is 14.0 Å². The highest BCUT2D eigenvalue weighted by molar-refractivity contribution is 5.98. The Morgan fingerprint density at radius 2 is 1.81 bits per heavy atom. The highest BCUT2D eigenvalue weighted by atomic mass is 16.5. The fraction of sp³-hybridized carbons (Fsp3) is 0.200. The molecule has 1 unspecified atom stereocenters. The number of ether oxygens (including phenoxy) is 1. The Kier molecular flexibility index (Phi) is 5.22. The molecule has 0 saturated carbocycles. The lowest BCUT2D eigenvalue weighted by atomic mass is 9.95. The molecule has 1 atom stereocenters. The molecule has 3 rings (SSSR count). The van der Waals surface area contributed by atoms with Crippen molar-refractivity contribution in [1.82, 2.24) is 16.0 Å². The van der Waals surface area contributed by atoms with Crippen molar-refractivity contribution in [1.29, 1.82) is 0 Å². The number of carbonyl (C=O) groups is 2. The summed E-state index contributed by atoms with van der Waals surface area (Å²) in [6, 6.07) is 16.1. The Labute approximate surface area is 152 Å². The van der Waals surface area contributed by atoms with Gasteiger partial charge in [-0.2, -0.15) is 0 Å². The molecule has 1 heterocycles. The number of hydrogen-bond donors (Lipinski definition) is 3. The first-order valence-electron chi connectivity index (χ1n) is 8.33. The summed E-state index contributed by atoms with van der Waals surface area (Å²) < 4.78 is 5.13. The summed E-state index contributed by atoms with van der Waals surface area (Å²) in [4.78, 5) is 24.7. The van der Waals surface area contributed by atoms with E-state index in [-0.39, 0.29) is 11.9 Å². The fourth-order valence-corrected chi connectivity index (χ4v) is 2.91. The van der Waals surface area contributed by atoms with Crippen LogP contribution < -0.4 is 20.7 Å². The second-order valence-corrected chi connectivity index (χ2v) is 6.01. The third-order valence-corrected chi connectivity index (χ3v) is 4.26. The van der Waals surface area contributed by atoms with Crippen LogP contribution in [0.25, 0.3) is 0 Å². The van der Waals surface area contributed by atoms with Gasteiger partial charge in [0.05, 0.1) is 18.7 Å². The second-order valence-electron chi connectivity index (χ2n) is 6.01. The fourth-order valence-electron chi connectivity index (χ4n) is 2.91. The molecule has 134 valence electrons. The van der Waals surface area contributed by atoms with Gasteiger partial charge in [0.2, 0.25) is 0 Å². The van der Waals surface area contributed by atoms with Crippen molar-refractivity contribution in [3.05, 3.63) is 77.0 Å². The number of amides is 3. The number of allylic oxidation sites excluding steroid dienone is 1. The molecule has 0 fully saturated rings. The van der Waals surface area contributed by atoms with Gasteiger partial charge in [0.15, 0.2) is 0 Å². The van der Waals surface area contributed by atoms with E-state index >= 15 is 0 Å². The van der Waals surface area contributed by atoms with Crippen LogP contribution >= 0.6 is 0 Å². The first-order valence-corrected chi connectivity index (χ1v) is 8.33. The maximum absolute atomic E-state index is 12.8. The minimum atomic E-state index is -0.485. The van der Waals surface area contributed by atoms with Crippen LogP contribution in [-0.2, 0) is 11.3 Å². The van der Waals surface area contributed by atoms with Gasteiger partial charge in [0.1, 0.15) is 5.75 Å². The van der Waals surface area contributed by atoms with Crippen LogP contribution in [0.1, 0.15) is 24.1 Å². The van der Waals surface area contributed by atoms with Crippen LogP contribution in [0.3, 0.4) is 0 Å². The number of rotatable bonds is 5. The van der Waals surface area contributed by atoms with E-state index in [1.165, 1.54) is 0 Å². The molecule has 1 aliphatic heterocycles. The minimum Gasteiger partial charge on any atom is -0.497 e. The van der Waals surface area contributed by atoms with E-state index in [9.17, 15) is 9.59 Å². The summed E-state index contributed by atoms with van der Waals surface area (Å²) in [5, 5.41) is 8.42. The van der Waals surface area contributed by atoms with Crippen molar-refractivity contribution in [2.45, 2.75) is 19.5 Å². The van der Waals surface area contributed by atoms with Crippen molar-refractivity contribution in [3.63, 3.8) is 0 Å². The average molecular weight is 351 g/mol. The zero-order valence-electron chi connectivity index (χ0n) is 14.7. The van der Waals surface area contributed by atoms with Gasteiger partial charge in [-0.25, -0.2) is 4.79 Å². The number of hydrogen-bond acceptors (Lipinski definition) is 3. The SMILES string of the molecule is COc1ccc(CNC(=O)C2=C(C)NC(=O)NC2c2ccccc2)cc1. The van der Waals surface area contributed by atoms with Crippen LogP contribution in [0, 0.1) is 0 Å². The van der Waals surface area contributed by atoms with Gasteiger partial charge in [-0.3, -0.25) is 4.79 Å². The van der Waals surface area contributed by atoms with E-state index < -0.39 is 6.04 Å². The Balaban J connectivity index is 1.78. The molecule has 0 bridgehead atoms. The predicted molar refractivity (Wildman–Crippen MR) is 98.4 cm³/mol. The second kappa shape index (κ2) is 7.74. The van der Waals surface area contributed by atoms with E-state index in [2.05, 4.69) is 16.0 Å². The molecule has 0 spiro atoms. The van der Waals surface area contributed by atoms with E-state index in [0.717, 1.165) is 16.9 Å². The molecule has 3 N–H and O–H groups in total. The standard InChI is InChI=1S/C20H21N3O3/c1-13-17(18(23-20(25)22-13)15-6-4-3-5-7-15)19(24)21-12-14-8-10-16(26-2)11-9-14/h3-11,18H,12H2,1-2H3,(H,21,24)(H2,22,23,25). The van der Waals surface area contributed by atoms with Crippen molar-refractivity contribution >= 4 is 11.9 Å². The van der Waals surface area contributed by atoms with Crippen molar-refractivity contribution in [2.24, 2.45) is 0 Å². The van der Waals surface area contributed by atoms with Crippen molar-refractivity contribution < 1.29 is 14.3 Å². The smallest absolute Gasteiger partial charge is 0.319 e. The first kappa shape index (κ1) is 17.5. The van der Waals surface area contributed by atoms with Gasteiger partial charge < -0.3 is 20.7 Å². The normalized spacial score (nSPS) is 16.5. The largest absolute Gasteiger partial charge is 0.497 e. The first-order chi connectivity index (χ1) is 12.6. The summed E-state index contributed by atoms with van der Waals surface area (Å²) in [5.41, 5.74) is 2.87. The zero-order valence-corrected chi connectivity index (χ0v) is 14.7. The predicted octanol–water partition coefficient (Wildman–Crippen LogP) is 2.64. The highest BCUT2D eigenvalue weighted by Crippen LogP contribution is 2.26. The number of benzene rings is 2. The van der Waals surface area contributed by atoms with Crippen LogP contribution in [0.2, 0.25) is 0 Å². The topological polar surface area (TPSA) is 79.5 Å². The molecule has 1 aliphatic rings. The summed E-state index contributed by atoms with van der Waals surface area (Å²) in [6.07, 6.45) is 0. The maximum Gasteiger partial charge on any atom is 0.319 e. The lowest BCUT2D eigenvalue weighted by Crippen LogP contribution is -2.46. The molecule has 0 radical (unpaired) electrons. The minimum absolute atomic E-state index is 0.223. The van der Waals surface area contributed by atoms with Gasteiger partial charge in [-0.1, -0.05) is 42.5 Å². The van der Waals surface area contributed by atoms with E-state index in [0.29, 0.717) is 17.8 Å². The average Bonchev–Trinajstić information content (AvgIpc) is 2.66. The third-order valence-electron chi connectivity index (χ3n) is 4.26. The van der Waals surface area contributed by atoms with Gasteiger partial charge in [-0.05, 0) is 30.2 Å². The molecule has 2 aromatic rings. The molecule has 6 heteroatoms. The summed E-state index contributed by atoms with van der Waals surface area (Å²) >= 11 is 0. The Morgan fingerprint density at radius 3 is 2.46 bits per heavy atom. The lowest BCUT2D eigenvalue weighted by Gasteiger charge is -2.28. The highest BCUT2D eigenvalue weighted by Gasteiger charge is 2.30. The van der Waals surface area contributed by atoms with Crippen LogP contribution in [0.4, 0.5) is 4.79 Å². The number of carbonyl (C=O) groups excluding carboxylic acids is 2. The molecule has 26 heavy (non-hydrogen) atoms. The molecular weight excluding hydrogens is 330 g/mol. The van der Waals surface area contributed by atoms with Crippen LogP contribution in [0.5, 0.6) is 5.75 Å². The van der Waals surface area contributed by atoms with Crippen LogP contribution in [0.15, 0.2) is 65.9 Å². The number of urea groups is 1. The Bertz CT molecular complexity index is 829. The monoisotopic (exact) mass is 351 g/mol. The van der Waals surface area contributed by atoms with Gasteiger partial charge >= 0.3 is 6.03 Å². The Morgan fingerprint density at radius 1 is 1.12 bits per heavy atom. The Hall–Kier alpha value is -3.28.